The van der Waals surface area contributed by atoms with E-state index in [1.165, 1.54) is 11.8 Å². The fourth-order valence-electron chi connectivity index (χ4n) is 2.34. The van der Waals surface area contributed by atoms with Gasteiger partial charge in [-0.1, -0.05) is 0 Å². The van der Waals surface area contributed by atoms with Gasteiger partial charge < -0.3 is 37.6 Å². The third-order valence-corrected chi connectivity index (χ3v) is 5.17. The highest BCUT2D eigenvalue weighted by Crippen LogP contribution is 2.04. The van der Waals surface area contributed by atoms with Crippen molar-refractivity contribution in [2.75, 3.05) is 30.9 Å². The predicted molar refractivity (Wildman–Crippen MR) is 118 cm³/mol. The molecule has 0 aromatic rings. The number of amides is 3. The largest absolute Gasteiger partial charge is 0.480 e. The SMILES string of the molecule is CSCCC(N)C(=O)NC(CO)C(=O)NC(CCCCN)C(=O)NC(CS)C(=O)O. The van der Waals surface area contributed by atoms with Gasteiger partial charge in [-0.3, -0.25) is 14.4 Å². The maximum absolute atomic E-state index is 12.5. The van der Waals surface area contributed by atoms with Gasteiger partial charge in [0.2, 0.25) is 17.7 Å². The normalized spacial score (nSPS) is 14.8. The smallest absolute Gasteiger partial charge is 0.327 e. The molecule has 0 aromatic heterocycles. The highest BCUT2D eigenvalue weighted by Gasteiger charge is 2.29. The number of thiol groups is 1. The fourth-order valence-corrected chi connectivity index (χ4v) is 3.08. The van der Waals surface area contributed by atoms with E-state index in [-0.39, 0.29) is 12.2 Å². The van der Waals surface area contributed by atoms with Gasteiger partial charge in [0.1, 0.15) is 18.1 Å². The number of thioether (sulfide) groups is 1. The molecule has 0 aliphatic carbocycles. The highest BCUT2D eigenvalue weighted by atomic mass is 32.2. The molecule has 0 heterocycles. The van der Waals surface area contributed by atoms with Gasteiger partial charge in [0, 0.05) is 5.75 Å². The van der Waals surface area contributed by atoms with Crippen LogP contribution in [0.4, 0.5) is 0 Å². The van der Waals surface area contributed by atoms with Crippen molar-refractivity contribution in [3.8, 4) is 0 Å². The Kier molecular flexibility index (Phi) is 15.4. The number of hydrogen-bond donors (Lipinski definition) is 8. The molecule has 0 fully saturated rings. The van der Waals surface area contributed by atoms with Crippen LogP contribution < -0.4 is 27.4 Å². The Bertz CT molecular complexity index is 569. The van der Waals surface area contributed by atoms with Crippen molar-refractivity contribution in [3.63, 3.8) is 0 Å². The van der Waals surface area contributed by atoms with Crippen LogP contribution >= 0.6 is 24.4 Å². The second-order valence-corrected chi connectivity index (χ2v) is 7.91. The van der Waals surface area contributed by atoms with Crippen molar-refractivity contribution in [2.45, 2.75) is 49.9 Å². The molecule has 0 radical (unpaired) electrons. The number of carbonyl (C=O) groups excluding carboxylic acids is 3. The Balaban J connectivity index is 5.10. The number of aliphatic carboxylic acids is 1. The first-order valence-corrected chi connectivity index (χ1v) is 11.5. The standard InChI is InChI=1S/C17H33N5O6S2/c1-30-7-5-10(19)14(24)21-12(8-23)16(26)20-11(4-2-3-6-18)15(25)22-13(9-29)17(27)28/h10-13,23,29H,2-9,18-19H2,1H3,(H,20,26)(H,21,24)(H,22,25)(H,27,28). The predicted octanol–water partition coefficient (Wildman–Crippen LogP) is -2.34. The minimum atomic E-state index is -1.30. The summed E-state index contributed by atoms with van der Waals surface area (Å²) < 4.78 is 0. The molecule has 0 saturated carbocycles. The van der Waals surface area contributed by atoms with E-state index in [1.54, 1.807) is 0 Å². The van der Waals surface area contributed by atoms with Crippen LogP contribution in [0, 0.1) is 0 Å². The number of unbranched alkanes of at least 4 members (excludes halogenated alkanes) is 1. The van der Waals surface area contributed by atoms with Crippen molar-refractivity contribution >= 4 is 48.1 Å². The Morgan fingerprint density at radius 1 is 0.967 bits per heavy atom. The van der Waals surface area contributed by atoms with Gasteiger partial charge in [-0.05, 0) is 44.2 Å². The second kappa shape index (κ2) is 16.2. The van der Waals surface area contributed by atoms with Crippen molar-refractivity contribution in [2.24, 2.45) is 11.5 Å². The second-order valence-electron chi connectivity index (χ2n) is 6.56. The van der Waals surface area contributed by atoms with Crippen molar-refractivity contribution < 1.29 is 29.4 Å². The van der Waals surface area contributed by atoms with Crippen LogP contribution in [0.25, 0.3) is 0 Å². The lowest BCUT2D eigenvalue weighted by Crippen LogP contribution is -2.58. The molecule has 4 atom stereocenters. The van der Waals surface area contributed by atoms with E-state index >= 15 is 0 Å². The lowest BCUT2D eigenvalue weighted by molar-refractivity contribution is -0.141. The first-order chi connectivity index (χ1) is 14.2. The quantitative estimate of drug-likeness (QED) is 0.0905. The number of nitrogens with one attached hydrogen (secondary N) is 3. The number of rotatable bonds is 16. The maximum atomic E-state index is 12.5. The van der Waals surface area contributed by atoms with Gasteiger partial charge in [0.25, 0.3) is 0 Å². The summed E-state index contributed by atoms with van der Waals surface area (Å²) in [6.07, 6.45) is 3.57. The first-order valence-electron chi connectivity index (χ1n) is 9.51. The molecule has 0 rings (SSSR count). The average Bonchev–Trinajstić information content (AvgIpc) is 2.72. The topological polar surface area (TPSA) is 197 Å². The fraction of sp³-hybridized carbons (Fsp3) is 0.765. The molecule has 3 amide bonds. The maximum Gasteiger partial charge on any atom is 0.327 e. The van der Waals surface area contributed by atoms with E-state index in [4.69, 9.17) is 16.6 Å². The third-order valence-electron chi connectivity index (χ3n) is 4.16. The van der Waals surface area contributed by atoms with Crippen LogP contribution in [-0.2, 0) is 19.2 Å². The molecule has 9 N–H and O–H groups in total. The Labute approximate surface area is 185 Å². The lowest BCUT2D eigenvalue weighted by Gasteiger charge is -2.24. The van der Waals surface area contributed by atoms with Gasteiger partial charge in [-0.25, -0.2) is 4.79 Å². The summed E-state index contributed by atoms with van der Waals surface area (Å²) >= 11 is 5.41. The monoisotopic (exact) mass is 467 g/mol. The molecule has 13 heteroatoms. The molecule has 0 bridgehead atoms. The number of carboxylic acid groups (broad SMARTS) is 1. The zero-order valence-electron chi connectivity index (χ0n) is 17.0. The van der Waals surface area contributed by atoms with Crippen LogP contribution in [0.2, 0.25) is 0 Å². The van der Waals surface area contributed by atoms with Crippen LogP contribution in [-0.4, -0.2) is 89.0 Å². The Morgan fingerprint density at radius 2 is 1.53 bits per heavy atom. The summed E-state index contributed by atoms with van der Waals surface area (Å²) in [5.74, 6) is -2.82. The van der Waals surface area contributed by atoms with Crippen molar-refractivity contribution in [3.05, 3.63) is 0 Å². The molecule has 11 nitrogen and oxygen atoms in total. The number of carboxylic acids is 1. The zero-order valence-corrected chi connectivity index (χ0v) is 18.7. The highest BCUT2D eigenvalue weighted by molar-refractivity contribution is 7.98. The average molecular weight is 468 g/mol. The number of aliphatic hydroxyl groups excluding tert-OH is 1. The van der Waals surface area contributed by atoms with Crippen molar-refractivity contribution in [1.29, 1.82) is 0 Å². The number of aliphatic hydroxyl groups is 1. The molecule has 0 spiro atoms. The third kappa shape index (κ3) is 11.0. The van der Waals surface area contributed by atoms with Gasteiger partial charge in [0.15, 0.2) is 0 Å². The Morgan fingerprint density at radius 3 is 2.03 bits per heavy atom. The first kappa shape index (κ1) is 28.5. The van der Waals surface area contributed by atoms with Gasteiger partial charge in [0.05, 0.1) is 12.6 Å². The van der Waals surface area contributed by atoms with E-state index in [0.29, 0.717) is 31.6 Å². The summed E-state index contributed by atoms with van der Waals surface area (Å²) in [4.78, 5) is 48.2. The summed E-state index contributed by atoms with van der Waals surface area (Å²) in [5, 5.41) is 25.7. The molecule has 0 aliphatic rings. The number of carbonyl (C=O) groups is 4. The van der Waals surface area contributed by atoms with E-state index in [9.17, 15) is 24.3 Å². The van der Waals surface area contributed by atoms with E-state index < -0.39 is 54.5 Å². The molecule has 0 saturated heterocycles. The minimum absolute atomic E-state index is 0.131. The number of hydrogen-bond acceptors (Lipinski definition) is 9. The molecule has 0 aromatic carbocycles. The van der Waals surface area contributed by atoms with Crippen LogP contribution in [0.5, 0.6) is 0 Å². The van der Waals surface area contributed by atoms with Crippen molar-refractivity contribution in [1.82, 2.24) is 16.0 Å². The molecular formula is C17H33N5O6S2. The van der Waals surface area contributed by atoms with Crippen LogP contribution in [0.15, 0.2) is 0 Å². The zero-order chi connectivity index (χ0) is 23.1. The summed E-state index contributed by atoms with van der Waals surface area (Å²) in [5.41, 5.74) is 11.2. The minimum Gasteiger partial charge on any atom is -0.480 e. The molecular weight excluding hydrogens is 434 g/mol. The summed E-state index contributed by atoms with van der Waals surface area (Å²) in [6, 6.07) is -4.43. The molecule has 174 valence electrons. The van der Waals surface area contributed by atoms with Gasteiger partial charge in [-0.15, -0.1) is 0 Å². The van der Waals surface area contributed by atoms with Gasteiger partial charge >= 0.3 is 5.97 Å². The van der Waals surface area contributed by atoms with Crippen LogP contribution in [0.1, 0.15) is 25.7 Å². The molecule has 4 unspecified atom stereocenters. The summed E-state index contributed by atoms with van der Waals surface area (Å²) in [7, 11) is 0. The summed E-state index contributed by atoms with van der Waals surface area (Å²) in [6.45, 7) is -0.307. The van der Waals surface area contributed by atoms with E-state index in [1.807, 2.05) is 6.26 Å². The van der Waals surface area contributed by atoms with E-state index in [0.717, 1.165) is 0 Å². The lowest BCUT2D eigenvalue weighted by atomic mass is 10.1. The van der Waals surface area contributed by atoms with E-state index in [2.05, 4.69) is 28.6 Å². The number of nitrogens with two attached hydrogens (primary N) is 2. The van der Waals surface area contributed by atoms with Gasteiger partial charge in [-0.2, -0.15) is 24.4 Å². The molecule has 0 aliphatic heterocycles. The van der Waals surface area contributed by atoms with Crippen LogP contribution in [0.3, 0.4) is 0 Å². The molecule has 30 heavy (non-hydrogen) atoms. The Hall–Kier alpha value is -1.54.